The van der Waals surface area contributed by atoms with Crippen molar-refractivity contribution in [3.8, 4) is 5.75 Å². The van der Waals surface area contributed by atoms with Crippen molar-refractivity contribution in [3.63, 3.8) is 0 Å². The van der Waals surface area contributed by atoms with Gasteiger partial charge in [0, 0.05) is 10.0 Å². The molecule has 4 nitrogen and oxygen atoms in total. The van der Waals surface area contributed by atoms with Crippen molar-refractivity contribution in [1.29, 1.82) is 0 Å². The monoisotopic (exact) mass is 476 g/mol. The number of ether oxygens (including phenoxy) is 1. The van der Waals surface area contributed by atoms with Crippen LogP contribution in [0.3, 0.4) is 0 Å². The van der Waals surface area contributed by atoms with Crippen LogP contribution < -0.4 is 15.4 Å². The van der Waals surface area contributed by atoms with Crippen LogP contribution in [-0.4, -0.2) is 18.1 Å². The molecule has 23 heavy (non-hydrogen) atoms. The quantitative estimate of drug-likeness (QED) is 0.610. The minimum Gasteiger partial charge on any atom is -0.496 e. The number of rotatable bonds is 3. The van der Waals surface area contributed by atoms with E-state index in [1.807, 2.05) is 6.07 Å². The number of halogens is 3. The lowest BCUT2D eigenvalue weighted by molar-refractivity contribution is 0.0977. The van der Waals surface area contributed by atoms with Gasteiger partial charge >= 0.3 is 0 Å². The summed E-state index contributed by atoms with van der Waals surface area (Å²) in [5.74, 6) is 0.308. The zero-order chi connectivity index (χ0) is 17.0. The molecular weight excluding hydrogens is 468 g/mol. The Morgan fingerprint density at radius 1 is 1.22 bits per heavy atom. The lowest BCUT2D eigenvalue weighted by Crippen LogP contribution is -2.34. The van der Waals surface area contributed by atoms with E-state index in [1.165, 1.54) is 0 Å². The smallest absolute Gasteiger partial charge is 0.257 e. The van der Waals surface area contributed by atoms with Gasteiger partial charge in [-0.2, -0.15) is 0 Å². The minimum absolute atomic E-state index is 0.158. The number of anilines is 1. The number of amides is 1. The Balaban J connectivity index is 2.05. The van der Waals surface area contributed by atoms with Gasteiger partial charge in [-0.1, -0.05) is 27.5 Å². The first kappa shape index (κ1) is 18.2. The summed E-state index contributed by atoms with van der Waals surface area (Å²) in [4.78, 5) is 12.2. The van der Waals surface area contributed by atoms with Crippen molar-refractivity contribution in [2.24, 2.45) is 0 Å². The van der Waals surface area contributed by atoms with Gasteiger partial charge in [0.2, 0.25) is 0 Å². The minimum atomic E-state index is -0.334. The molecule has 0 saturated heterocycles. The molecule has 0 atom stereocenters. The van der Waals surface area contributed by atoms with E-state index in [9.17, 15) is 4.79 Å². The first-order valence-corrected chi connectivity index (χ1v) is 8.69. The van der Waals surface area contributed by atoms with Crippen molar-refractivity contribution in [1.82, 2.24) is 5.32 Å². The van der Waals surface area contributed by atoms with E-state index in [0.29, 0.717) is 26.5 Å². The topological polar surface area (TPSA) is 50.4 Å². The molecule has 0 unspecified atom stereocenters. The molecule has 0 aliphatic carbocycles. The molecule has 8 heteroatoms. The number of carbonyl (C=O) groups is 1. The SMILES string of the molecule is COc1ccc(C(=O)NC(=S)Nc2ccc(Br)cc2Cl)cc1Br. The molecule has 0 saturated carbocycles. The number of hydrogen-bond donors (Lipinski definition) is 2. The van der Waals surface area contributed by atoms with E-state index in [4.69, 9.17) is 28.6 Å². The summed E-state index contributed by atoms with van der Waals surface area (Å²) in [6.45, 7) is 0. The fraction of sp³-hybridized carbons (Fsp3) is 0.0667. The molecular formula is C15H11Br2ClN2O2S. The Morgan fingerprint density at radius 3 is 2.57 bits per heavy atom. The van der Waals surface area contributed by atoms with E-state index in [0.717, 1.165) is 4.47 Å². The number of thiocarbonyl (C=S) groups is 1. The number of methoxy groups -OCH3 is 1. The summed E-state index contributed by atoms with van der Waals surface area (Å²) in [6.07, 6.45) is 0. The van der Waals surface area contributed by atoms with Crippen LogP contribution in [0.4, 0.5) is 5.69 Å². The summed E-state index contributed by atoms with van der Waals surface area (Å²) in [5, 5.41) is 6.13. The third-order valence-electron chi connectivity index (χ3n) is 2.82. The Hall–Kier alpha value is -1.15. The van der Waals surface area contributed by atoms with Crippen molar-refractivity contribution < 1.29 is 9.53 Å². The van der Waals surface area contributed by atoms with Gasteiger partial charge in [-0.3, -0.25) is 10.1 Å². The molecule has 0 heterocycles. The normalized spacial score (nSPS) is 10.1. The van der Waals surface area contributed by atoms with E-state index in [2.05, 4.69) is 42.5 Å². The van der Waals surface area contributed by atoms with Crippen molar-refractivity contribution in [3.05, 3.63) is 55.9 Å². The van der Waals surface area contributed by atoms with Crippen LogP contribution >= 0.6 is 55.7 Å². The molecule has 2 rings (SSSR count). The first-order valence-electron chi connectivity index (χ1n) is 6.31. The van der Waals surface area contributed by atoms with Crippen LogP contribution in [0, 0.1) is 0 Å². The fourth-order valence-corrected chi connectivity index (χ4v) is 3.19. The molecule has 2 aromatic rings. The average Bonchev–Trinajstić information content (AvgIpc) is 2.50. The van der Waals surface area contributed by atoms with Crippen LogP contribution in [0.25, 0.3) is 0 Å². The van der Waals surface area contributed by atoms with Crippen LogP contribution in [0.15, 0.2) is 45.3 Å². The van der Waals surface area contributed by atoms with Gasteiger partial charge in [-0.05, 0) is 64.5 Å². The Kier molecular flexibility index (Phi) is 6.41. The van der Waals surface area contributed by atoms with Crippen LogP contribution in [0.1, 0.15) is 10.4 Å². The Bertz CT molecular complexity index is 771. The highest BCUT2D eigenvalue weighted by molar-refractivity contribution is 9.10. The molecule has 2 aromatic carbocycles. The summed E-state index contributed by atoms with van der Waals surface area (Å²) in [7, 11) is 1.56. The van der Waals surface area contributed by atoms with Gasteiger partial charge in [-0.15, -0.1) is 0 Å². The van der Waals surface area contributed by atoms with E-state index in [-0.39, 0.29) is 11.0 Å². The van der Waals surface area contributed by atoms with Gasteiger partial charge in [0.1, 0.15) is 5.75 Å². The number of hydrogen-bond acceptors (Lipinski definition) is 3. The van der Waals surface area contributed by atoms with Crippen molar-refractivity contribution in [2.75, 3.05) is 12.4 Å². The standard InChI is InChI=1S/C15H11Br2ClN2O2S/c1-22-13-5-2-8(6-10(13)17)14(21)20-15(23)19-12-4-3-9(16)7-11(12)18/h2-7H,1H3,(H2,19,20,21,23). The molecule has 0 radical (unpaired) electrons. The van der Waals surface area contributed by atoms with E-state index < -0.39 is 0 Å². The molecule has 0 aromatic heterocycles. The summed E-state index contributed by atoms with van der Waals surface area (Å²) >= 11 is 17.9. The largest absolute Gasteiger partial charge is 0.496 e. The Morgan fingerprint density at radius 2 is 1.96 bits per heavy atom. The van der Waals surface area contributed by atoms with Crippen molar-refractivity contribution in [2.45, 2.75) is 0 Å². The number of benzene rings is 2. The molecule has 120 valence electrons. The first-order chi connectivity index (χ1) is 10.9. The van der Waals surface area contributed by atoms with E-state index in [1.54, 1.807) is 37.4 Å². The fourth-order valence-electron chi connectivity index (χ4n) is 1.73. The zero-order valence-electron chi connectivity index (χ0n) is 11.8. The third kappa shape index (κ3) is 4.91. The predicted molar refractivity (Wildman–Crippen MR) is 104 cm³/mol. The zero-order valence-corrected chi connectivity index (χ0v) is 16.6. The molecule has 0 fully saturated rings. The lowest BCUT2D eigenvalue weighted by atomic mass is 10.2. The highest BCUT2D eigenvalue weighted by Gasteiger charge is 2.11. The van der Waals surface area contributed by atoms with Gasteiger partial charge < -0.3 is 10.1 Å². The highest BCUT2D eigenvalue weighted by atomic mass is 79.9. The second-order valence-electron chi connectivity index (χ2n) is 4.38. The van der Waals surface area contributed by atoms with Gasteiger partial charge in [0.25, 0.3) is 5.91 Å². The van der Waals surface area contributed by atoms with Crippen LogP contribution in [0.5, 0.6) is 5.75 Å². The second-order valence-corrected chi connectivity index (χ2v) is 6.97. The van der Waals surface area contributed by atoms with Crippen LogP contribution in [0.2, 0.25) is 5.02 Å². The van der Waals surface area contributed by atoms with E-state index >= 15 is 0 Å². The lowest BCUT2D eigenvalue weighted by Gasteiger charge is -2.12. The molecule has 0 spiro atoms. The van der Waals surface area contributed by atoms with Crippen LogP contribution in [-0.2, 0) is 0 Å². The maximum absolute atomic E-state index is 12.2. The molecule has 0 bridgehead atoms. The predicted octanol–water partition coefficient (Wildman–Crippen LogP) is 5.00. The maximum atomic E-state index is 12.2. The van der Waals surface area contributed by atoms with Gasteiger partial charge in [0.05, 0.1) is 22.3 Å². The highest BCUT2D eigenvalue weighted by Crippen LogP contribution is 2.26. The number of carbonyl (C=O) groups excluding carboxylic acids is 1. The summed E-state index contributed by atoms with van der Waals surface area (Å²) in [6, 6.07) is 10.3. The average molecular weight is 479 g/mol. The number of nitrogens with one attached hydrogen (secondary N) is 2. The molecule has 2 N–H and O–H groups in total. The Labute approximate surface area is 160 Å². The molecule has 1 amide bonds. The summed E-state index contributed by atoms with van der Waals surface area (Å²) < 4.78 is 6.66. The molecule has 0 aliphatic heterocycles. The second kappa shape index (κ2) is 8.10. The van der Waals surface area contributed by atoms with Gasteiger partial charge in [-0.25, -0.2) is 0 Å². The third-order valence-corrected chi connectivity index (χ3v) is 4.45. The molecule has 0 aliphatic rings. The van der Waals surface area contributed by atoms with Crippen molar-refractivity contribution >= 4 is 72.4 Å². The summed E-state index contributed by atoms with van der Waals surface area (Å²) in [5.41, 5.74) is 1.06. The maximum Gasteiger partial charge on any atom is 0.257 e. The van der Waals surface area contributed by atoms with Gasteiger partial charge in [0.15, 0.2) is 5.11 Å².